The van der Waals surface area contributed by atoms with Gasteiger partial charge in [0.05, 0.1) is 11.5 Å². The first-order valence-electron chi connectivity index (χ1n) is 11.3. The molecule has 1 atom stereocenters. The Morgan fingerprint density at radius 3 is 2.70 bits per heavy atom. The minimum atomic E-state index is -1.28. The predicted molar refractivity (Wildman–Crippen MR) is 116 cm³/mol. The van der Waals surface area contributed by atoms with Crippen LogP contribution in [0.1, 0.15) is 63.1 Å². The molecule has 3 rings (SSSR count). The molecule has 0 saturated carbocycles. The highest BCUT2D eigenvalue weighted by atomic mass is 16.4. The summed E-state index contributed by atoms with van der Waals surface area (Å²) in [5.74, 6) is -1.21. The second-order valence-electron chi connectivity index (χ2n) is 8.89. The first-order chi connectivity index (χ1) is 14.4. The van der Waals surface area contributed by atoms with Crippen LogP contribution in [0.3, 0.4) is 0 Å². The van der Waals surface area contributed by atoms with Crippen LogP contribution >= 0.6 is 0 Å². The van der Waals surface area contributed by atoms with Crippen molar-refractivity contribution in [2.24, 2.45) is 5.92 Å². The fourth-order valence-corrected chi connectivity index (χ4v) is 4.63. The van der Waals surface area contributed by atoms with Gasteiger partial charge in [-0.15, -0.1) is 0 Å². The van der Waals surface area contributed by atoms with Gasteiger partial charge in [-0.2, -0.15) is 0 Å². The number of hydrogen-bond donors (Lipinski definition) is 3. The normalized spacial score (nSPS) is 19.5. The molecular formula is C23H35N3O4. The van der Waals surface area contributed by atoms with Gasteiger partial charge in [0, 0.05) is 31.7 Å². The van der Waals surface area contributed by atoms with E-state index in [1.807, 2.05) is 0 Å². The van der Waals surface area contributed by atoms with E-state index in [0.29, 0.717) is 25.9 Å². The van der Waals surface area contributed by atoms with E-state index in [1.165, 1.54) is 18.9 Å². The molecule has 0 bridgehead atoms. The maximum atomic E-state index is 11.5. The van der Waals surface area contributed by atoms with Crippen LogP contribution in [-0.2, 0) is 22.4 Å². The van der Waals surface area contributed by atoms with Crippen molar-refractivity contribution in [1.82, 2.24) is 9.88 Å². The summed E-state index contributed by atoms with van der Waals surface area (Å²) in [5.41, 5.74) is 1.19. The van der Waals surface area contributed by atoms with Crippen molar-refractivity contribution >= 4 is 17.6 Å². The summed E-state index contributed by atoms with van der Waals surface area (Å²) in [7, 11) is 0. The molecule has 1 aromatic rings. The van der Waals surface area contributed by atoms with Crippen LogP contribution in [0.25, 0.3) is 0 Å². The fourth-order valence-electron chi connectivity index (χ4n) is 4.63. The number of likely N-dealkylation sites (tertiary alicyclic amines) is 1. The van der Waals surface area contributed by atoms with E-state index in [0.717, 1.165) is 56.7 Å². The molecule has 0 spiro atoms. The number of aromatic nitrogens is 1. The van der Waals surface area contributed by atoms with Crippen molar-refractivity contribution in [3.8, 4) is 0 Å². The van der Waals surface area contributed by atoms with Gasteiger partial charge >= 0.3 is 5.97 Å². The molecule has 3 heterocycles. The summed E-state index contributed by atoms with van der Waals surface area (Å²) in [5, 5.41) is 23.6. The molecule has 1 saturated heterocycles. The zero-order valence-electron chi connectivity index (χ0n) is 18.0. The lowest BCUT2D eigenvalue weighted by molar-refractivity contribution is -0.159. The summed E-state index contributed by atoms with van der Waals surface area (Å²) in [6.45, 7) is 4.70. The van der Waals surface area contributed by atoms with E-state index >= 15 is 0 Å². The molecule has 30 heavy (non-hydrogen) atoms. The summed E-state index contributed by atoms with van der Waals surface area (Å²) in [6.07, 6.45) is 7.29. The van der Waals surface area contributed by atoms with Gasteiger partial charge in [-0.25, -0.2) is 4.98 Å². The number of unbranched alkanes of at least 4 members (excludes halogenated alkanes) is 2. The smallest absolute Gasteiger partial charge is 0.309 e. The molecule has 3 N–H and O–H groups in total. The molecule has 0 aromatic carbocycles. The third-order valence-corrected chi connectivity index (χ3v) is 6.52. The van der Waals surface area contributed by atoms with Gasteiger partial charge in [0.2, 0.25) is 0 Å². The first kappa shape index (κ1) is 22.7. The Bertz CT molecular complexity index is 744. The van der Waals surface area contributed by atoms with Crippen molar-refractivity contribution in [3.63, 3.8) is 0 Å². The highest BCUT2D eigenvalue weighted by Gasteiger charge is 2.44. The van der Waals surface area contributed by atoms with Gasteiger partial charge < -0.3 is 25.2 Å². The van der Waals surface area contributed by atoms with Crippen molar-refractivity contribution in [1.29, 1.82) is 0 Å². The summed E-state index contributed by atoms with van der Waals surface area (Å²) >= 11 is 0. The Hall–Kier alpha value is -1.99. The third-order valence-electron chi connectivity index (χ3n) is 6.52. The maximum absolute atomic E-state index is 11.5. The molecule has 0 aliphatic carbocycles. The number of piperidine rings is 1. The zero-order valence-corrected chi connectivity index (χ0v) is 18.0. The quantitative estimate of drug-likeness (QED) is 0.503. The molecule has 166 valence electrons. The van der Waals surface area contributed by atoms with Gasteiger partial charge in [-0.05, 0) is 70.0 Å². The van der Waals surface area contributed by atoms with Crippen molar-refractivity contribution < 1.29 is 19.8 Å². The Morgan fingerprint density at radius 1 is 1.23 bits per heavy atom. The number of pyridine rings is 1. The molecule has 1 unspecified atom stereocenters. The Labute approximate surface area is 178 Å². The molecule has 7 heteroatoms. The fraction of sp³-hybridized carbons (Fsp3) is 0.696. The molecule has 2 aliphatic heterocycles. The summed E-state index contributed by atoms with van der Waals surface area (Å²) in [4.78, 5) is 30.0. The number of carbonyl (C=O) groups excluding carboxylic acids is 1. The number of anilines is 1. The number of nitrogens with one attached hydrogen (secondary N) is 1. The monoisotopic (exact) mass is 417 g/mol. The van der Waals surface area contributed by atoms with E-state index < -0.39 is 17.5 Å². The average Bonchev–Trinajstić information content (AvgIpc) is 2.73. The number of carbonyl (C=O) groups is 2. The molecule has 1 fully saturated rings. The van der Waals surface area contributed by atoms with E-state index in [2.05, 4.69) is 22.3 Å². The van der Waals surface area contributed by atoms with Crippen molar-refractivity contribution in [3.05, 3.63) is 23.4 Å². The van der Waals surface area contributed by atoms with E-state index in [-0.39, 0.29) is 12.2 Å². The van der Waals surface area contributed by atoms with Crippen LogP contribution < -0.4 is 5.32 Å². The van der Waals surface area contributed by atoms with Crippen molar-refractivity contribution in [2.75, 3.05) is 31.5 Å². The van der Waals surface area contributed by atoms with Gasteiger partial charge in [0.15, 0.2) is 0 Å². The number of rotatable bonds is 10. The number of carboxylic acid groups (broad SMARTS) is 1. The van der Waals surface area contributed by atoms with Crippen LogP contribution in [-0.4, -0.2) is 63.6 Å². The Morgan fingerprint density at radius 2 is 2.00 bits per heavy atom. The standard InChI is InChI=1S/C23H35N3O4/c1-17(27)16-20(22(28)29)23(30)10-14-26(15-11-23)13-4-2-3-7-19-9-8-18-6-5-12-24-21(18)25-19/h8-9,20,30H,2-7,10-16H2,1H3,(H,24,25)(H,28,29). The molecule has 7 nitrogen and oxygen atoms in total. The largest absolute Gasteiger partial charge is 0.481 e. The van der Waals surface area contributed by atoms with E-state index in [9.17, 15) is 19.8 Å². The number of aliphatic carboxylic acids is 1. The summed E-state index contributed by atoms with van der Waals surface area (Å²) in [6, 6.07) is 4.35. The average molecular weight is 418 g/mol. The molecule has 0 radical (unpaired) electrons. The number of nitrogens with zero attached hydrogens (tertiary/aromatic N) is 2. The molecule has 1 aromatic heterocycles. The highest BCUT2D eigenvalue weighted by Crippen LogP contribution is 2.32. The van der Waals surface area contributed by atoms with Crippen LogP contribution in [0.5, 0.6) is 0 Å². The van der Waals surface area contributed by atoms with Gasteiger partial charge in [0.1, 0.15) is 11.6 Å². The van der Waals surface area contributed by atoms with Gasteiger partial charge in [-0.1, -0.05) is 12.5 Å². The number of aliphatic hydroxyl groups is 1. The number of carboxylic acids is 1. The van der Waals surface area contributed by atoms with E-state index in [4.69, 9.17) is 4.98 Å². The zero-order chi connectivity index (χ0) is 21.6. The van der Waals surface area contributed by atoms with Gasteiger partial charge in [0.25, 0.3) is 0 Å². The van der Waals surface area contributed by atoms with Crippen LogP contribution in [0.15, 0.2) is 12.1 Å². The lowest BCUT2D eigenvalue weighted by Gasteiger charge is -2.41. The lowest BCUT2D eigenvalue weighted by atomic mass is 9.77. The Kier molecular flexibility index (Phi) is 7.83. The number of hydrogen-bond acceptors (Lipinski definition) is 6. The van der Waals surface area contributed by atoms with Crippen molar-refractivity contribution in [2.45, 2.75) is 70.3 Å². The van der Waals surface area contributed by atoms with Crippen LogP contribution in [0.2, 0.25) is 0 Å². The highest BCUT2D eigenvalue weighted by molar-refractivity contribution is 5.82. The minimum Gasteiger partial charge on any atom is -0.481 e. The van der Waals surface area contributed by atoms with Crippen LogP contribution in [0.4, 0.5) is 5.82 Å². The number of aryl methyl sites for hydroxylation is 2. The summed E-state index contributed by atoms with van der Waals surface area (Å²) < 4.78 is 0. The molecular weight excluding hydrogens is 382 g/mol. The molecule has 2 aliphatic rings. The topological polar surface area (TPSA) is 103 Å². The maximum Gasteiger partial charge on any atom is 0.309 e. The predicted octanol–water partition coefficient (Wildman–Crippen LogP) is 2.66. The second-order valence-corrected chi connectivity index (χ2v) is 8.89. The minimum absolute atomic E-state index is 0.0991. The first-order valence-corrected chi connectivity index (χ1v) is 11.3. The number of fused-ring (bicyclic) bond motifs is 1. The Balaban J connectivity index is 1.36. The van der Waals surface area contributed by atoms with Crippen LogP contribution in [0, 0.1) is 5.92 Å². The molecule has 0 amide bonds. The third kappa shape index (κ3) is 6.01. The lowest BCUT2D eigenvalue weighted by Crippen LogP contribution is -2.51. The van der Waals surface area contributed by atoms with E-state index in [1.54, 1.807) is 0 Å². The SMILES string of the molecule is CC(=O)CC(C(=O)O)C1(O)CCN(CCCCCc2ccc3c(n2)NCCC3)CC1. The van der Waals surface area contributed by atoms with Gasteiger partial charge in [-0.3, -0.25) is 4.79 Å². The second kappa shape index (κ2) is 10.4. The number of ketones is 1. The number of Topliss-reactive ketones (excluding diaryl/α,β-unsaturated/α-hetero) is 1.